The number of aryl methyl sites for hydroxylation is 2. The fourth-order valence-corrected chi connectivity index (χ4v) is 2.54. The quantitative estimate of drug-likeness (QED) is 0.807. The molecule has 1 amide bonds. The highest BCUT2D eigenvalue weighted by Crippen LogP contribution is 2.19. The first-order valence-corrected chi connectivity index (χ1v) is 8.06. The Labute approximate surface area is 139 Å². The predicted molar refractivity (Wildman–Crippen MR) is 93.4 cm³/mol. The van der Waals surface area contributed by atoms with Crippen molar-refractivity contribution in [1.82, 2.24) is 0 Å². The van der Waals surface area contributed by atoms with Crippen LogP contribution in [0.25, 0.3) is 0 Å². The van der Waals surface area contributed by atoms with Crippen LogP contribution in [0, 0.1) is 6.92 Å². The van der Waals surface area contributed by atoms with Gasteiger partial charge in [0, 0.05) is 16.6 Å². The molecule has 1 N–H and O–H groups in total. The van der Waals surface area contributed by atoms with Crippen LogP contribution in [0.2, 0.25) is 0 Å². The summed E-state index contributed by atoms with van der Waals surface area (Å²) in [6.07, 6.45) is 2.24. The number of carbonyl (C=O) groups is 1. The Morgan fingerprint density at radius 3 is 2.55 bits per heavy atom. The lowest BCUT2D eigenvalue weighted by atomic mass is 10.0. The van der Waals surface area contributed by atoms with Gasteiger partial charge < -0.3 is 10.1 Å². The average Bonchev–Trinajstić information content (AvgIpc) is 2.51. The number of methoxy groups -OCH3 is 1. The molecule has 0 aromatic heterocycles. The molecule has 0 fully saturated rings. The third-order valence-electron chi connectivity index (χ3n) is 3.53. The minimum Gasteiger partial charge on any atom is -0.497 e. The van der Waals surface area contributed by atoms with Crippen LogP contribution < -0.4 is 10.1 Å². The number of carbonyl (C=O) groups excluding carboxylic acids is 1. The number of anilines is 1. The molecule has 0 atom stereocenters. The van der Waals surface area contributed by atoms with E-state index in [0.717, 1.165) is 28.8 Å². The molecular weight excluding hydrogens is 342 g/mol. The number of benzene rings is 2. The largest absolute Gasteiger partial charge is 0.497 e. The molecule has 116 valence electrons. The maximum atomic E-state index is 11.9. The molecule has 0 saturated carbocycles. The van der Waals surface area contributed by atoms with Crippen molar-refractivity contribution in [2.75, 3.05) is 12.4 Å². The second-order valence-electron chi connectivity index (χ2n) is 5.20. The van der Waals surface area contributed by atoms with Crippen molar-refractivity contribution < 1.29 is 9.53 Å². The first kappa shape index (κ1) is 16.6. The summed E-state index contributed by atoms with van der Waals surface area (Å²) < 4.78 is 6.20. The molecule has 0 saturated heterocycles. The van der Waals surface area contributed by atoms with Gasteiger partial charge in [0.2, 0.25) is 5.91 Å². The molecule has 22 heavy (non-hydrogen) atoms. The Bertz CT molecular complexity index is 638. The summed E-state index contributed by atoms with van der Waals surface area (Å²) in [6.45, 7) is 2.07. The Kier molecular flexibility index (Phi) is 6.01. The molecule has 0 spiro atoms. The highest BCUT2D eigenvalue weighted by molar-refractivity contribution is 9.10. The SMILES string of the molecule is COc1ccc(CCCC(=O)Nc2ccc(Br)cc2)c(C)c1. The molecule has 0 bridgehead atoms. The van der Waals surface area contributed by atoms with Gasteiger partial charge in [0.05, 0.1) is 7.11 Å². The van der Waals surface area contributed by atoms with Gasteiger partial charge in [0.1, 0.15) is 5.75 Å². The lowest BCUT2D eigenvalue weighted by Gasteiger charge is -2.08. The first-order valence-electron chi connectivity index (χ1n) is 7.27. The number of hydrogen-bond donors (Lipinski definition) is 1. The molecule has 0 aliphatic heterocycles. The molecule has 0 aliphatic carbocycles. The Morgan fingerprint density at radius 2 is 1.91 bits per heavy atom. The van der Waals surface area contributed by atoms with Gasteiger partial charge in [-0.05, 0) is 67.3 Å². The first-order chi connectivity index (χ1) is 10.6. The molecule has 2 rings (SSSR count). The summed E-state index contributed by atoms with van der Waals surface area (Å²) in [6, 6.07) is 13.7. The number of halogens is 1. The van der Waals surface area contributed by atoms with E-state index in [0.29, 0.717) is 6.42 Å². The topological polar surface area (TPSA) is 38.3 Å². The van der Waals surface area contributed by atoms with Crippen molar-refractivity contribution in [3.63, 3.8) is 0 Å². The number of ether oxygens (including phenoxy) is 1. The van der Waals surface area contributed by atoms with Gasteiger partial charge in [0.25, 0.3) is 0 Å². The summed E-state index contributed by atoms with van der Waals surface area (Å²) in [4.78, 5) is 11.9. The Balaban J connectivity index is 1.80. The van der Waals surface area contributed by atoms with E-state index in [-0.39, 0.29) is 5.91 Å². The standard InChI is InChI=1S/C18H20BrNO2/c1-13-12-17(22-2)11-6-14(13)4-3-5-18(21)20-16-9-7-15(19)8-10-16/h6-12H,3-5H2,1-2H3,(H,20,21). The van der Waals surface area contributed by atoms with Crippen molar-refractivity contribution in [2.24, 2.45) is 0 Å². The minimum absolute atomic E-state index is 0.0495. The summed E-state index contributed by atoms with van der Waals surface area (Å²) in [5, 5.41) is 2.91. The van der Waals surface area contributed by atoms with E-state index in [2.05, 4.69) is 34.2 Å². The molecular formula is C18H20BrNO2. The van der Waals surface area contributed by atoms with Crippen LogP contribution >= 0.6 is 15.9 Å². The fraction of sp³-hybridized carbons (Fsp3) is 0.278. The maximum absolute atomic E-state index is 11.9. The van der Waals surface area contributed by atoms with E-state index in [1.165, 1.54) is 11.1 Å². The fourth-order valence-electron chi connectivity index (χ4n) is 2.27. The summed E-state index contributed by atoms with van der Waals surface area (Å²) >= 11 is 3.37. The smallest absolute Gasteiger partial charge is 0.224 e. The minimum atomic E-state index is 0.0495. The second-order valence-corrected chi connectivity index (χ2v) is 6.12. The number of amides is 1. The lowest BCUT2D eigenvalue weighted by molar-refractivity contribution is -0.116. The number of rotatable bonds is 6. The van der Waals surface area contributed by atoms with E-state index < -0.39 is 0 Å². The van der Waals surface area contributed by atoms with Crippen LogP contribution in [-0.4, -0.2) is 13.0 Å². The van der Waals surface area contributed by atoms with Gasteiger partial charge in [-0.1, -0.05) is 22.0 Å². The van der Waals surface area contributed by atoms with Crippen LogP contribution in [0.4, 0.5) is 5.69 Å². The zero-order valence-corrected chi connectivity index (χ0v) is 14.4. The van der Waals surface area contributed by atoms with Gasteiger partial charge in [-0.25, -0.2) is 0 Å². The van der Waals surface area contributed by atoms with Crippen molar-refractivity contribution in [3.8, 4) is 5.75 Å². The zero-order valence-electron chi connectivity index (χ0n) is 12.9. The molecule has 2 aromatic rings. The van der Waals surface area contributed by atoms with Crippen LogP contribution in [0.1, 0.15) is 24.0 Å². The van der Waals surface area contributed by atoms with E-state index in [9.17, 15) is 4.79 Å². The Hall–Kier alpha value is -1.81. The van der Waals surface area contributed by atoms with E-state index in [4.69, 9.17) is 4.74 Å². The van der Waals surface area contributed by atoms with Crippen LogP contribution in [0.3, 0.4) is 0 Å². The van der Waals surface area contributed by atoms with E-state index in [1.54, 1.807) is 7.11 Å². The maximum Gasteiger partial charge on any atom is 0.224 e. The van der Waals surface area contributed by atoms with Gasteiger partial charge in [-0.2, -0.15) is 0 Å². The molecule has 4 heteroatoms. The number of nitrogens with one attached hydrogen (secondary N) is 1. The summed E-state index contributed by atoms with van der Waals surface area (Å²) in [5.74, 6) is 0.919. The predicted octanol–water partition coefficient (Wildman–Crippen LogP) is 4.73. The molecule has 0 radical (unpaired) electrons. The van der Waals surface area contributed by atoms with Crippen molar-refractivity contribution >= 4 is 27.5 Å². The van der Waals surface area contributed by atoms with Crippen molar-refractivity contribution in [3.05, 3.63) is 58.1 Å². The van der Waals surface area contributed by atoms with Crippen LogP contribution in [0.15, 0.2) is 46.9 Å². The molecule has 0 aliphatic rings. The van der Waals surface area contributed by atoms with Crippen molar-refractivity contribution in [1.29, 1.82) is 0 Å². The summed E-state index contributed by atoms with van der Waals surface area (Å²) in [5.41, 5.74) is 3.29. The normalized spacial score (nSPS) is 10.3. The molecule has 2 aromatic carbocycles. The van der Waals surface area contributed by atoms with Gasteiger partial charge in [0.15, 0.2) is 0 Å². The molecule has 0 unspecified atom stereocenters. The molecule has 3 nitrogen and oxygen atoms in total. The summed E-state index contributed by atoms with van der Waals surface area (Å²) in [7, 11) is 1.67. The monoisotopic (exact) mass is 361 g/mol. The second kappa shape index (κ2) is 7.99. The van der Waals surface area contributed by atoms with E-state index >= 15 is 0 Å². The zero-order chi connectivity index (χ0) is 15.9. The van der Waals surface area contributed by atoms with E-state index in [1.807, 2.05) is 36.4 Å². The highest BCUT2D eigenvalue weighted by atomic mass is 79.9. The van der Waals surface area contributed by atoms with Gasteiger partial charge in [-0.15, -0.1) is 0 Å². The van der Waals surface area contributed by atoms with Crippen LogP contribution in [-0.2, 0) is 11.2 Å². The Morgan fingerprint density at radius 1 is 1.18 bits per heavy atom. The average molecular weight is 362 g/mol. The van der Waals surface area contributed by atoms with Crippen molar-refractivity contribution in [2.45, 2.75) is 26.2 Å². The van der Waals surface area contributed by atoms with Gasteiger partial charge >= 0.3 is 0 Å². The molecule has 0 heterocycles. The van der Waals surface area contributed by atoms with Gasteiger partial charge in [-0.3, -0.25) is 4.79 Å². The number of hydrogen-bond acceptors (Lipinski definition) is 2. The third-order valence-corrected chi connectivity index (χ3v) is 4.06. The lowest BCUT2D eigenvalue weighted by Crippen LogP contribution is -2.11. The van der Waals surface area contributed by atoms with Crippen LogP contribution in [0.5, 0.6) is 5.75 Å². The highest BCUT2D eigenvalue weighted by Gasteiger charge is 2.05. The third kappa shape index (κ3) is 4.88.